The Balaban J connectivity index is 1.57. The first-order valence-electron chi connectivity index (χ1n) is 15.8. The molecule has 1 aliphatic heterocycles. The number of urea groups is 1. The molecule has 3 fully saturated rings. The molecule has 2 heterocycles. The number of rotatable bonds is 11. The molecule has 248 valence electrons. The van der Waals surface area contributed by atoms with Crippen molar-refractivity contribution in [2.24, 2.45) is 11.3 Å². The van der Waals surface area contributed by atoms with Gasteiger partial charge in [-0.15, -0.1) is 0 Å². The Morgan fingerprint density at radius 1 is 1.02 bits per heavy atom. The number of Topliss-reactive ketones (excluding diaryl/α,β-unsaturated/α-hetero) is 1. The molecule has 0 bridgehead atoms. The van der Waals surface area contributed by atoms with E-state index in [4.69, 9.17) is 16.3 Å². The van der Waals surface area contributed by atoms with Crippen LogP contribution in [0.5, 0.6) is 5.88 Å². The topological polar surface area (TPSA) is 159 Å². The summed E-state index contributed by atoms with van der Waals surface area (Å²) in [6, 6.07) is -0.296. The summed E-state index contributed by atoms with van der Waals surface area (Å²) >= 11 is 5.98. The Hall–Kier alpha value is -3.41. The Morgan fingerprint density at radius 3 is 2.24 bits per heavy atom. The van der Waals surface area contributed by atoms with Gasteiger partial charge < -0.3 is 30.9 Å². The van der Waals surface area contributed by atoms with Crippen molar-refractivity contribution in [1.82, 2.24) is 31.2 Å². The molecule has 0 aromatic carbocycles. The summed E-state index contributed by atoms with van der Waals surface area (Å²) in [5, 5.41) is 11.6. The van der Waals surface area contributed by atoms with Gasteiger partial charge in [-0.2, -0.15) is 0 Å². The van der Waals surface area contributed by atoms with Crippen LogP contribution in [-0.2, 0) is 19.2 Å². The summed E-state index contributed by atoms with van der Waals surface area (Å²) in [5.74, 6) is -1.88. The van der Waals surface area contributed by atoms with Gasteiger partial charge in [0.25, 0.3) is 5.91 Å². The van der Waals surface area contributed by atoms with Crippen molar-refractivity contribution >= 4 is 41.1 Å². The molecule has 5 amide bonds. The summed E-state index contributed by atoms with van der Waals surface area (Å²) in [6.45, 7) is 11.0. The lowest BCUT2D eigenvalue weighted by atomic mass is 9.80. The lowest BCUT2D eigenvalue weighted by Gasteiger charge is -2.36. The Morgan fingerprint density at radius 2 is 1.71 bits per heavy atom. The Labute approximate surface area is 270 Å². The van der Waals surface area contributed by atoms with Crippen molar-refractivity contribution in [2.75, 3.05) is 6.54 Å². The Kier molecular flexibility index (Phi) is 10.7. The molecule has 45 heavy (non-hydrogen) atoms. The first-order chi connectivity index (χ1) is 21.0. The molecule has 1 unspecified atom stereocenters. The molecule has 4 N–H and O–H groups in total. The number of ether oxygens (including phenoxy) is 1. The van der Waals surface area contributed by atoms with E-state index >= 15 is 0 Å². The molecule has 1 saturated heterocycles. The number of hydrogen-bond donors (Lipinski definition) is 4. The molecular formula is C32H47ClN6O6. The van der Waals surface area contributed by atoms with Crippen LogP contribution < -0.4 is 26.0 Å². The van der Waals surface area contributed by atoms with Crippen molar-refractivity contribution in [3.63, 3.8) is 0 Å². The number of nitrogens with one attached hydrogen (secondary N) is 4. The first-order valence-corrected chi connectivity index (χ1v) is 16.2. The van der Waals surface area contributed by atoms with Crippen LogP contribution in [0.25, 0.3) is 0 Å². The smallest absolute Gasteiger partial charge is 0.315 e. The molecule has 4 rings (SSSR count). The second kappa shape index (κ2) is 13.9. The average molecular weight is 647 g/mol. The van der Waals surface area contributed by atoms with E-state index in [9.17, 15) is 24.0 Å². The third-order valence-corrected chi connectivity index (χ3v) is 8.50. The molecule has 2 saturated carbocycles. The number of likely N-dealkylation sites (tertiary alicyclic amines) is 1. The highest BCUT2D eigenvalue weighted by atomic mass is 35.5. The van der Waals surface area contributed by atoms with Gasteiger partial charge >= 0.3 is 6.03 Å². The van der Waals surface area contributed by atoms with Crippen LogP contribution in [0.2, 0.25) is 5.02 Å². The number of pyridine rings is 1. The molecule has 0 spiro atoms. The van der Waals surface area contributed by atoms with Crippen molar-refractivity contribution in [3.8, 4) is 5.88 Å². The van der Waals surface area contributed by atoms with E-state index in [0.717, 1.165) is 32.1 Å². The first kappa shape index (κ1) is 34.5. The summed E-state index contributed by atoms with van der Waals surface area (Å²) < 4.78 is 6.06. The highest BCUT2D eigenvalue weighted by molar-refractivity contribution is 6.38. The summed E-state index contributed by atoms with van der Waals surface area (Å²) in [5.41, 5.74) is -1.25. The molecule has 2 aliphatic carbocycles. The largest absolute Gasteiger partial charge is 0.472 e. The van der Waals surface area contributed by atoms with Gasteiger partial charge in [-0.25, -0.2) is 9.78 Å². The predicted octanol–water partition coefficient (Wildman–Crippen LogP) is 3.12. The highest BCUT2D eigenvalue weighted by Crippen LogP contribution is 2.32. The maximum atomic E-state index is 14.2. The monoisotopic (exact) mass is 646 g/mol. The van der Waals surface area contributed by atoms with Crippen molar-refractivity contribution in [3.05, 3.63) is 23.4 Å². The number of nitrogens with zero attached hydrogens (tertiary/aromatic N) is 2. The van der Waals surface area contributed by atoms with Crippen LogP contribution in [0.1, 0.15) is 86.5 Å². The second-order valence-corrected chi connectivity index (χ2v) is 15.1. The molecule has 12 nitrogen and oxygen atoms in total. The zero-order valence-electron chi connectivity index (χ0n) is 27.1. The van der Waals surface area contributed by atoms with E-state index < -0.39 is 64.7 Å². The van der Waals surface area contributed by atoms with Crippen molar-refractivity contribution in [1.29, 1.82) is 0 Å². The quantitative estimate of drug-likeness (QED) is 0.269. The van der Waals surface area contributed by atoms with E-state index in [1.54, 1.807) is 12.1 Å². The zero-order chi connectivity index (χ0) is 33.1. The van der Waals surface area contributed by atoms with Gasteiger partial charge in [-0.3, -0.25) is 19.2 Å². The molecule has 3 aliphatic rings. The van der Waals surface area contributed by atoms with Crippen LogP contribution in [0.4, 0.5) is 4.79 Å². The summed E-state index contributed by atoms with van der Waals surface area (Å²) in [6.07, 6.45) is 5.87. The molecule has 4 atom stereocenters. The maximum absolute atomic E-state index is 14.2. The van der Waals surface area contributed by atoms with Crippen LogP contribution >= 0.6 is 11.6 Å². The van der Waals surface area contributed by atoms with E-state index in [1.165, 1.54) is 11.1 Å². The lowest BCUT2D eigenvalue weighted by Crippen LogP contribution is -2.61. The minimum absolute atomic E-state index is 0.00106. The molecule has 0 radical (unpaired) electrons. The minimum Gasteiger partial charge on any atom is -0.472 e. The van der Waals surface area contributed by atoms with E-state index in [-0.39, 0.29) is 30.8 Å². The van der Waals surface area contributed by atoms with Crippen LogP contribution in [0.15, 0.2) is 18.3 Å². The highest BCUT2D eigenvalue weighted by Gasteiger charge is 2.47. The van der Waals surface area contributed by atoms with Crippen LogP contribution in [-0.4, -0.2) is 81.8 Å². The fraction of sp³-hybridized carbons (Fsp3) is 0.688. The van der Waals surface area contributed by atoms with Crippen LogP contribution in [0.3, 0.4) is 0 Å². The molecule has 1 aromatic rings. The minimum atomic E-state index is -1.02. The van der Waals surface area contributed by atoms with E-state index in [2.05, 4.69) is 26.3 Å². The van der Waals surface area contributed by atoms with Gasteiger partial charge in [0, 0.05) is 30.3 Å². The van der Waals surface area contributed by atoms with E-state index in [1.807, 2.05) is 41.5 Å². The van der Waals surface area contributed by atoms with Gasteiger partial charge in [0.15, 0.2) is 0 Å². The van der Waals surface area contributed by atoms with Gasteiger partial charge in [0.2, 0.25) is 23.5 Å². The number of halogens is 1. The maximum Gasteiger partial charge on any atom is 0.315 e. The number of aromatic nitrogens is 1. The van der Waals surface area contributed by atoms with E-state index in [0.29, 0.717) is 11.4 Å². The average Bonchev–Trinajstić information content (AvgIpc) is 3.62. The van der Waals surface area contributed by atoms with Gasteiger partial charge in [0.1, 0.15) is 18.2 Å². The SMILES string of the molecule is CC(C)(C)NC(=O)N[C@H](C(=O)N1C[C@H](Oc2ccc(Cl)cn2)CC1C(=O)N[C@@H](CC1CCC1)C(=O)C(=O)NC1CC1)C(C)(C)C. The number of carbonyl (C=O) groups is 5. The van der Waals surface area contributed by atoms with Crippen molar-refractivity contribution < 1.29 is 28.7 Å². The fourth-order valence-electron chi connectivity index (χ4n) is 5.50. The van der Waals surface area contributed by atoms with Crippen molar-refractivity contribution in [2.45, 2.75) is 122 Å². The third-order valence-electron chi connectivity index (χ3n) is 8.28. The predicted molar refractivity (Wildman–Crippen MR) is 169 cm³/mol. The normalized spacial score (nSPS) is 21.6. The summed E-state index contributed by atoms with van der Waals surface area (Å²) in [7, 11) is 0. The van der Waals surface area contributed by atoms with Gasteiger partial charge in [-0.05, 0) is 57.4 Å². The lowest BCUT2D eigenvalue weighted by molar-refractivity contribution is -0.144. The molecule has 1 aromatic heterocycles. The number of ketones is 1. The van der Waals surface area contributed by atoms with Crippen LogP contribution in [0, 0.1) is 11.3 Å². The number of amides is 5. The molecular weight excluding hydrogens is 600 g/mol. The second-order valence-electron chi connectivity index (χ2n) is 14.6. The van der Waals surface area contributed by atoms with Gasteiger partial charge in [0.05, 0.1) is 17.6 Å². The molecule has 13 heteroatoms. The summed E-state index contributed by atoms with van der Waals surface area (Å²) in [4.78, 5) is 72.6. The van der Waals surface area contributed by atoms with Gasteiger partial charge in [-0.1, -0.05) is 51.6 Å². The number of carbonyl (C=O) groups excluding carboxylic acids is 5. The fourth-order valence-corrected chi connectivity index (χ4v) is 5.62. The zero-order valence-corrected chi connectivity index (χ0v) is 27.8. The third kappa shape index (κ3) is 9.79. The standard InChI is InChI=1S/C32H47ClN6O6/c1-31(2,3)26(37-30(44)38-32(4,5)6)29(43)39-17-21(45-24-13-10-19(33)16-34-24)15-23(39)27(41)36-22(14-18-8-7-9-18)25(40)28(42)35-20-11-12-20/h10,13,16,18,20-23,26H,7-9,11-12,14-15,17H2,1-6H3,(H,35,42)(H,36,41)(H2,37,38,44)/t21-,22+,23?,26-/m1/s1. The Bertz CT molecular complexity index is 1270. The number of hydrogen-bond acceptors (Lipinski definition) is 7.